The van der Waals surface area contributed by atoms with E-state index < -0.39 is 6.04 Å². The predicted molar refractivity (Wildman–Crippen MR) is 103 cm³/mol. The van der Waals surface area contributed by atoms with E-state index in [-0.39, 0.29) is 34.5 Å². The first-order valence-electron chi connectivity index (χ1n) is 8.23. The number of hydrogen-bond donors (Lipinski definition) is 2. The maximum Gasteiger partial charge on any atom is 0.258 e. The van der Waals surface area contributed by atoms with Crippen LogP contribution in [0.1, 0.15) is 22.8 Å². The van der Waals surface area contributed by atoms with Crippen LogP contribution in [0.4, 0.5) is 5.69 Å². The Morgan fingerprint density at radius 2 is 1.96 bits per heavy atom. The summed E-state index contributed by atoms with van der Waals surface area (Å²) in [6, 6.07) is 10.8. The molecular weight excluding hydrogens is 366 g/mol. The van der Waals surface area contributed by atoms with Crippen LogP contribution < -0.4 is 0 Å². The third-order valence-corrected chi connectivity index (χ3v) is 5.23. The highest BCUT2D eigenvalue weighted by Gasteiger charge is 2.39. The fraction of sp³-hybridized carbons (Fsp3) is 0.158. The molecule has 2 aliphatic heterocycles. The van der Waals surface area contributed by atoms with Crippen molar-refractivity contribution in [3.8, 4) is 11.5 Å². The van der Waals surface area contributed by atoms with Crippen LogP contribution in [-0.4, -0.2) is 49.6 Å². The molecule has 0 fully saturated rings. The van der Waals surface area contributed by atoms with Crippen molar-refractivity contribution in [1.29, 1.82) is 0 Å². The molecule has 2 aromatic rings. The van der Waals surface area contributed by atoms with Gasteiger partial charge in [-0.2, -0.15) is 0 Å². The van der Waals surface area contributed by atoms with E-state index in [4.69, 9.17) is 0 Å². The Labute approximate surface area is 159 Å². The largest absolute Gasteiger partial charge is 0.504 e. The zero-order valence-corrected chi connectivity index (χ0v) is 15.1. The molecule has 2 N–H and O–H groups in total. The Morgan fingerprint density at radius 1 is 1.19 bits per heavy atom. The average molecular weight is 381 g/mol. The molecule has 2 aliphatic rings. The number of phenolic OH excluding ortho intramolecular Hbond substituents is 2. The van der Waals surface area contributed by atoms with Gasteiger partial charge in [0, 0.05) is 11.1 Å². The fourth-order valence-corrected chi connectivity index (χ4v) is 3.78. The van der Waals surface area contributed by atoms with Gasteiger partial charge < -0.3 is 10.2 Å². The molecule has 0 saturated heterocycles. The molecule has 7 nitrogen and oxygen atoms in total. The number of hydrogen-bond acceptors (Lipinski definition) is 7. The summed E-state index contributed by atoms with van der Waals surface area (Å²) >= 11 is 1.14. The lowest BCUT2D eigenvalue weighted by molar-refractivity contribution is -0.124. The van der Waals surface area contributed by atoms with E-state index >= 15 is 0 Å². The third-order valence-electron chi connectivity index (χ3n) is 4.29. The van der Waals surface area contributed by atoms with Crippen molar-refractivity contribution < 1.29 is 19.8 Å². The number of aliphatic imine (C=N–C) groups is 2. The van der Waals surface area contributed by atoms with Crippen molar-refractivity contribution in [1.82, 2.24) is 4.90 Å². The predicted octanol–water partition coefficient (Wildman–Crippen LogP) is 2.69. The second kappa shape index (κ2) is 6.55. The molecule has 0 spiro atoms. The van der Waals surface area contributed by atoms with Crippen LogP contribution in [0, 0.1) is 0 Å². The smallest absolute Gasteiger partial charge is 0.258 e. The SMILES string of the molecule is C[C@H]1N=C2c3ccccc3N=C(SCC(=O)c3ccc(O)c(O)c3)N2C1=O. The lowest BCUT2D eigenvalue weighted by atomic mass is 10.1. The molecule has 27 heavy (non-hydrogen) atoms. The summed E-state index contributed by atoms with van der Waals surface area (Å²) in [5.74, 6) is -0.500. The van der Waals surface area contributed by atoms with Crippen LogP contribution in [0.15, 0.2) is 52.4 Å². The molecule has 4 rings (SSSR count). The van der Waals surface area contributed by atoms with E-state index in [1.54, 1.807) is 6.92 Å². The summed E-state index contributed by atoms with van der Waals surface area (Å²) in [5.41, 5.74) is 1.76. The number of aromatic hydroxyl groups is 2. The molecule has 2 aromatic carbocycles. The van der Waals surface area contributed by atoms with Gasteiger partial charge >= 0.3 is 0 Å². The molecule has 1 amide bonds. The number of amides is 1. The summed E-state index contributed by atoms with van der Waals surface area (Å²) in [6.07, 6.45) is 0. The third kappa shape index (κ3) is 2.97. The van der Waals surface area contributed by atoms with Gasteiger partial charge in [-0.1, -0.05) is 23.9 Å². The van der Waals surface area contributed by atoms with Gasteiger partial charge in [0.25, 0.3) is 5.91 Å². The lowest BCUT2D eigenvalue weighted by Crippen LogP contribution is -2.40. The molecule has 0 unspecified atom stereocenters. The number of carbonyl (C=O) groups is 2. The molecule has 0 radical (unpaired) electrons. The number of Topliss-reactive ketones (excluding diaryl/α,β-unsaturated/α-hetero) is 1. The maximum atomic E-state index is 12.5. The van der Waals surface area contributed by atoms with Crippen molar-refractivity contribution in [2.45, 2.75) is 13.0 Å². The molecule has 2 heterocycles. The first-order chi connectivity index (χ1) is 13.0. The summed E-state index contributed by atoms with van der Waals surface area (Å²) < 4.78 is 0. The van der Waals surface area contributed by atoms with Crippen LogP contribution in [0.5, 0.6) is 11.5 Å². The minimum absolute atomic E-state index is 0.0245. The van der Waals surface area contributed by atoms with E-state index in [9.17, 15) is 19.8 Å². The van der Waals surface area contributed by atoms with Crippen molar-refractivity contribution in [2.24, 2.45) is 9.98 Å². The summed E-state index contributed by atoms with van der Waals surface area (Å²) in [5, 5.41) is 19.3. The van der Waals surface area contributed by atoms with Crippen molar-refractivity contribution >= 4 is 40.1 Å². The second-order valence-electron chi connectivity index (χ2n) is 6.13. The summed E-state index contributed by atoms with van der Waals surface area (Å²) in [4.78, 5) is 35.4. The topological polar surface area (TPSA) is 103 Å². The van der Waals surface area contributed by atoms with Gasteiger partial charge in [-0.25, -0.2) is 9.89 Å². The minimum Gasteiger partial charge on any atom is -0.504 e. The van der Waals surface area contributed by atoms with Crippen LogP contribution >= 0.6 is 11.8 Å². The van der Waals surface area contributed by atoms with E-state index in [1.807, 2.05) is 24.3 Å². The number of phenols is 2. The van der Waals surface area contributed by atoms with Crippen LogP contribution in [-0.2, 0) is 4.79 Å². The molecule has 8 heteroatoms. The first-order valence-corrected chi connectivity index (χ1v) is 9.22. The van der Waals surface area contributed by atoms with E-state index in [1.165, 1.54) is 23.1 Å². The Balaban J connectivity index is 1.60. The number of carbonyl (C=O) groups excluding carboxylic acids is 2. The summed E-state index contributed by atoms with van der Waals surface area (Å²) in [6.45, 7) is 1.73. The van der Waals surface area contributed by atoms with E-state index in [0.29, 0.717) is 16.7 Å². The van der Waals surface area contributed by atoms with Gasteiger partial charge in [-0.05, 0) is 37.3 Å². The number of thioether (sulfide) groups is 1. The molecule has 0 saturated carbocycles. The Kier molecular flexibility index (Phi) is 4.19. The van der Waals surface area contributed by atoms with Crippen LogP contribution in [0.2, 0.25) is 0 Å². The number of nitrogens with zero attached hydrogens (tertiary/aromatic N) is 3. The van der Waals surface area contributed by atoms with Crippen LogP contribution in [0.25, 0.3) is 0 Å². The molecular formula is C19H15N3O4S. The Bertz CT molecular complexity index is 1030. The van der Waals surface area contributed by atoms with Gasteiger partial charge in [0.15, 0.2) is 22.4 Å². The summed E-state index contributed by atoms with van der Waals surface area (Å²) in [7, 11) is 0. The molecule has 1 atom stereocenters. The lowest BCUT2D eigenvalue weighted by Gasteiger charge is -2.25. The standard InChI is InChI=1S/C19H15N3O4S/c1-10-18(26)22-17(20-10)12-4-2-3-5-13(12)21-19(22)27-9-16(25)11-6-7-14(23)15(24)8-11/h2-8,10,23-24H,9H2,1H3/t10-/m1/s1. The fourth-order valence-electron chi connectivity index (χ4n) is 2.88. The molecule has 0 aliphatic carbocycles. The maximum absolute atomic E-state index is 12.5. The quantitative estimate of drug-likeness (QED) is 0.629. The van der Waals surface area contributed by atoms with Gasteiger partial charge in [-0.15, -0.1) is 0 Å². The highest BCUT2D eigenvalue weighted by Crippen LogP contribution is 2.33. The van der Waals surface area contributed by atoms with Crippen molar-refractivity contribution in [3.05, 3.63) is 53.6 Å². The minimum atomic E-state index is -0.498. The molecule has 0 aromatic heterocycles. The van der Waals surface area contributed by atoms with E-state index in [0.717, 1.165) is 17.3 Å². The monoisotopic (exact) mass is 381 g/mol. The number of ketones is 1. The molecule has 0 bridgehead atoms. The van der Waals surface area contributed by atoms with E-state index in [2.05, 4.69) is 9.98 Å². The number of benzene rings is 2. The first kappa shape index (κ1) is 17.3. The van der Waals surface area contributed by atoms with Gasteiger partial charge in [0.1, 0.15) is 11.9 Å². The number of rotatable bonds is 3. The number of amidine groups is 2. The Hall–Kier alpha value is -3.13. The second-order valence-corrected chi connectivity index (χ2v) is 7.07. The average Bonchev–Trinajstić information content (AvgIpc) is 2.97. The molecule has 136 valence electrons. The zero-order chi connectivity index (χ0) is 19.1. The van der Waals surface area contributed by atoms with Crippen molar-refractivity contribution in [3.63, 3.8) is 0 Å². The van der Waals surface area contributed by atoms with Gasteiger partial charge in [0.05, 0.1) is 11.4 Å². The number of para-hydroxylation sites is 1. The zero-order valence-electron chi connectivity index (χ0n) is 14.3. The normalized spacial score (nSPS) is 17.9. The van der Waals surface area contributed by atoms with Crippen molar-refractivity contribution in [2.75, 3.05) is 5.75 Å². The highest BCUT2D eigenvalue weighted by molar-refractivity contribution is 8.14. The highest BCUT2D eigenvalue weighted by atomic mass is 32.2. The van der Waals surface area contributed by atoms with Crippen LogP contribution in [0.3, 0.4) is 0 Å². The Morgan fingerprint density at radius 3 is 2.74 bits per heavy atom. The van der Waals surface area contributed by atoms with Gasteiger partial charge in [-0.3, -0.25) is 14.6 Å². The number of fused-ring (bicyclic) bond motifs is 3. The van der Waals surface area contributed by atoms with Gasteiger partial charge in [0.2, 0.25) is 0 Å².